The Bertz CT molecular complexity index is 1870. The molecular weight excluding hydrogens is 623 g/mol. The number of pyridine rings is 1. The van der Waals surface area contributed by atoms with Crippen molar-refractivity contribution in [3.8, 4) is 6.07 Å². The highest BCUT2D eigenvalue weighted by atomic mass is 35.5. The molecule has 14 heteroatoms. The summed E-state index contributed by atoms with van der Waals surface area (Å²) in [5.74, 6) is -5.41. The number of anilines is 2. The van der Waals surface area contributed by atoms with Crippen LogP contribution >= 0.6 is 11.6 Å². The maximum absolute atomic E-state index is 15.4. The van der Waals surface area contributed by atoms with Crippen LogP contribution in [0.15, 0.2) is 60.9 Å². The first kappa shape index (κ1) is 31.0. The highest BCUT2D eigenvalue weighted by Gasteiger charge is 2.45. The molecule has 10 nitrogen and oxygen atoms in total. The zero-order valence-electron chi connectivity index (χ0n) is 24.2. The van der Waals surface area contributed by atoms with Gasteiger partial charge in [0, 0.05) is 53.2 Å². The van der Waals surface area contributed by atoms with Crippen molar-refractivity contribution in [3.63, 3.8) is 0 Å². The Balaban J connectivity index is 1.48. The number of carbonyl (C=O) groups is 3. The second-order valence-electron chi connectivity index (χ2n) is 11.4. The normalized spacial score (nSPS) is 18.7. The number of hydrogen-bond donors (Lipinski definition) is 2. The van der Waals surface area contributed by atoms with E-state index < -0.39 is 60.4 Å². The van der Waals surface area contributed by atoms with E-state index in [9.17, 15) is 28.4 Å². The van der Waals surface area contributed by atoms with Gasteiger partial charge in [0.25, 0.3) is 5.91 Å². The molecule has 2 unspecified atom stereocenters. The van der Waals surface area contributed by atoms with Crippen LogP contribution in [0.3, 0.4) is 0 Å². The van der Waals surface area contributed by atoms with Gasteiger partial charge in [0.05, 0.1) is 17.8 Å². The number of aromatic amines is 1. The third-order valence-electron chi connectivity index (χ3n) is 8.39. The molecule has 1 saturated carbocycles. The second kappa shape index (κ2) is 12.4. The lowest BCUT2D eigenvalue weighted by molar-refractivity contribution is -0.128. The summed E-state index contributed by atoms with van der Waals surface area (Å²) in [6.45, 7) is 0. The van der Waals surface area contributed by atoms with Gasteiger partial charge in [0.1, 0.15) is 23.4 Å². The van der Waals surface area contributed by atoms with Gasteiger partial charge in [-0.2, -0.15) is 10.4 Å². The molecule has 2 aromatic carbocycles. The molecule has 0 radical (unpaired) electrons. The van der Waals surface area contributed by atoms with Gasteiger partial charge < -0.3 is 5.32 Å². The van der Waals surface area contributed by atoms with Crippen LogP contribution in [0.2, 0.25) is 5.02 Å². The Morgan fingerprint density at radius 3 is 2.65 bits per heavy atom. The fraction of sp³-hybridized carbons (Fsp3) is 0.312. The average molecular weight is 650 g/mol. The molecule has 1 aliphatic carbocycles. The van der Waals surface area contributed by atoms with E-state index in [0.29, 0.717) is 5.39 Å². The monoisotopic (exact) mass is 649 g/mol. The Hall–Kier alpha value is -4.96. The summed E-state index contributed by atoms with van der Waals surface area (Å²) in [7, 11) is 0. The van der Waals surface area contributed by atoms with Crippen LogP contribution < -0.4 is 15.1 Å². The van der Waals surface area contributed by atoms with Crippen LogP contribution in [0.4, 0.5) is 24.7 Å². The molecule has 2 aliphatic rings. The molecule has 3 amide bonds. The van der Waals surface area contributed by atoms with Crippen LogP contribution in [0.5, 0.6) is 0 Å². The van der Waals surface area contributed by atoms with Gasteiger partial charge in [-0.05, 0) is 49.6 Å². The molecule has 46 heavy (non-hydrogen) atoms. The lowest BCUT2D eigenvalue weighted by atomic mass is 9.91. The number of benzene rings is 2. The molecule has 1 saturated heterocycles. The number of carbonyl (C=O) groups excluding carboxylic acids is 3. The maximum atomic E-state index is 15.4. The zero-order valence-corrected chi connectivity index (χ0v) is 25.0. The second-order valence-corrected chi connectivity index (χ2v) is 11.8. The molecule has 4 aromatic rings. The molecule has 0 bridgehead atoms. The largest absolute Gasteiger partial charge is 0.351 e. The average Bonchev–Trinajstić information content (AvgIpc) is 3.68. The maximum Gasteiger partial charge on any atom is 0.251 e. The van der Waals surface area contributed by atoms with Crippen molar-refractivity contribution in [2.75, 3.05) is 9.80 Å². The fourth-order valence-electron chi connectivity index (χ4n) is 6.09. The first-order chi connectivity index (χ1) is 22.1. The van der Waals surface area contributed by atoms with Gasteiger partial charge in [-0.3, -0.25) is 29.3 Å². The lowest BCUT2D eigenvalue weighted by Gasteiger charge is -2.37. The summed E-state index contributed by atoms with van der Waals surface area (Å²) in [5.41, 5.74) is 0.467. The van der Waals surface area contributed by atoms with Gasteiger partial charge in [-0.15, -0.1) is 0 Å². The molecule has 236 valence electrons. The summed E-state index contributed by atoms with van der Waals surface area (Å²) < 4.78 is 43.3. The SMILES string of the molecule is N#Cc1ccnc(N2C(=O)CCC2C(=O)N(c2cc(F)c3[nH]ncc3c2)C(C(=O)NC2CCC(F)(F)CC2)c2ccccc2Cl)c1. The van der Waals surface area contributed by atoms with E-state index >= 15 is 4.39 Å². The molecule has 6 rings (SSSR count). The zero-order chi connectivity index (χ0) is 32.6. The number of halogens is 4. The highest BCUT2D eigenvalue weighted by Crippen LogP contribution is 2.38. The van der Waals surface area contributed by atoms with Crippen LogP contribution in [0.25, 0.3) is 10.9 Å². The smallest absolute Gasteiger partial charge is 0.251 e. The molecular formula is C32H27ClF3N7O3. The molecule has 2 fully saturated rings. The van der Waals surface area contributed by atoms with Crippen molar-refractivity contribution in [2.24, 2.45) is 0 Å². The third-order valence-corrected chi connectivity index (χ3v) is 8.73. The number of aromatic nitrogens is 3. The van der Waals surface area contributed by atoms with E-state index in [1.165, 1.54) is 41.6 Å². The predicted molar refractivity (Wildman–Crippen MR) is 163 cm³/mol. The van der Waals surface area contributed by atoms with Gasteiger partial charge in [-0.1, -0.05) is 29.8 Å². The molecule has 1 aliphatic heterocycles. The molecule has 2 atom stereocenters. The van der Waals surface area contributed by atoms with Crippen LogP contribution in [0, 0.1) is 17.1 Å². The van der Waals surface area contributed by atoms with E-state index in [-0.39, 0.29) is 58.9 Å². The summed E-state index contributed by atoms with van der Waals surface area (Å²) in [5, 5.41) is 19.1. The number of amides is 3. The fourth-order valence-corrected chi connectivity index (χ4v) is 6.33. The van der Waals surface area contributed by atoms with E-state index in [2.05, 4.69) is 20.5 Å². The summed E-state index contributed by atoms with van der Waals surface area (Å²) in [6, 6.07) is 10.4. The van der Waals surface area contributed by atoms with E-state index in [4.69, 9.17) is 11.6 Å². The van der Waals surface area contributed by atoms with Crippen LogP contribution in [-0.4, -0.2) is 50.9 Å². The molecule has 3 heterocycles. The van der Waals surface area contributed by atoms with Gasteiger partial charge in [-0.25, -0.2) is 18.2 Å². The first-order valence-corrected chi connectivity index (χ1v) is 15.0. The number of nitrogens with one attached hydrogen (secondary N) is 2. The Morgan fingerprint density at radius 1 is 1.15 bits per heavy atom. The van der Waals surface area contributed by atoms with Crippen molar-refractivity contribution in [2.45, 2.75) is 62.6 Å². The topological polar surface area (TPSA) is 135 Å². The first-order valence-electron chi connectivity index (χ1n) is 14.6. The summed E-state index contributed by atoms with van der Waals surface area (Å²) in [6.07, 6.45) is 1.93. The Labute approximate surface area is 266 Å². The molecule has 0 spiro atoms. The molecule has 2 aromatic heterocycles. The minimum absolute atomic E-state index is 0.0172. The van der Waals surface area contributed by atoms with Gasteiger partial charge in [0.2, 0.25) is 17.7 Å². The third kappa shape index (κ3) is 6.00. The standard InChI is InChI=1S/C32H27ClF3N7O3/c33-23-4-2-1-3-22(23)29(30(45)40-20-7-10-32(35,36)11-8-20)42(21-14-19-17-39-41-28(19)24(34)15-21)31(46)25-5-6-27(44)43(25)26-13-18(16-37)9-12-38-26/h1-4,9,12-15,17,20,25,29H,5-8,10-11H2,(H,39,41)(H,40,45). The lowest BCUT2D eigenvalue weighted by Crippen LogP contribution is -2.53. The number of hydrogen-bond acceptors (Lipinski definition) is 6. The van der Waals surface area contributed by atoms with Crippen LogP contribution in [0.1, 0.15) is 55.7 Å². The minimum atomic E-state index is -2.84. The summed E-state index contributed by atoms with van der Waals surface area (Å²) in [4.78, 5) is 48.7. The van der Waals surface area contributed by atoms with Crippen molar-refractivity contribution in [1.29, 1.82) is 5.26 Å². The van der Waals surface area contributed by atoms with Crippen molar-refractivity contribution in [3.05, 3.63) is 82.9 Å². The predicted octanol–water partition coefficient (Wildman–Crippen LogP) is 5.59. The molecule has 2 N–H and O–H groups in total. The number of H-pyrrole nitrogens is 1. The number of nitriles is 1. The number of rotatable bonds is 7. The van der Waals surface area contributed by atoms with Crippen molar-refractivity contribution < 1.29 is 27.6 Å². The van der Waals surface area contributed by atoms with Gasteiger partial charge >= 0.3 is 0 Å². The van der Waals surface area contributed by atoms with Crippen molar-refractivity contribution >= 4 is 51.7 Å². The Kier molecular flexibility index (Phi) is 8.39. The van der Waals surface area contributed by atoms with Crippen LogP contribution in [-0.2, 0) is 14.4 Å². The van der Waals surface area contributed by atoms with E-state index in [0.717, 1.165) is 11.0 Å². The number of alkyl halides is 2. The summed E-state index contributed by atoms with van der Waals surface area (Å²) >= 11 is 6.62. The van der Waals surface area contributed by atoms with Crippen molar-refractivity contribution in [1.82, 2.24) is 20.5 Å². The minimum Gasteiger partial charge on any atom is -0.351 e. The Morgan fingerprint density at radius 2 is 1.91 bits per heavy atom. The quantitative estimate of drug-likeness (QED) is 0.268. The van der Waals surface area contributed by atoms with E-state index in [1.54, 1.807) is 18.2 Å². The number of nitrogens with zero attached hydrogens (tertiary/aromatic N) is 5. The van der Waals surface area contributed by atoms with E-state index in [1.807, 2.05) is 6.07 Å². The number of fused-ring (bicyclic) bond motifs is 1. The van der Waals surface area contributed by atoms with Gasteiger partial charge in [0.15, 0.2) is 5.82 Å². The highest BCUT2D eigenvalue weighted by molar-refractivity contribution is 6.31.